The fourth-order valence-corrected chi connectivity index (χ4v) is 1.74. The molecule has 1 aromatic rings. The summed E-state index contributed by atoms with van der Waals surface area (Å²) in [5.74, 6) is -1.93. The van der Waals surface area contributed by atoms with Gasteiger partial charge in [-0.3, -0.25) is 10.1 Å². The zero-order valence-electron chi connectivity index (χ0n) is 12.6. The minimum absolute atomic E-state index is 0.122. The molecule has 0 aliphatic heterocycles. The smallest absolute Gasteiger partial charge is 0.414 e. The molecule has 0 aliphatic rings. The highest BCUT2D eigenvalue weighted by Crippen LogP contribution is 2.28. The van der Waals surface area contributed by atoms with Crippen molar-refractivity contribution in [3.8, 4) is 0 Å². The fraction of sp³-hybridized carbons (Fsp3) is 0.267. The van der Waals surface area contributed by atoms with E-state index in [4.69, 9.17) is 44.3 Å². The van der Waals surface area contributed by atoms with Crippen LogP contribution < -0.4 is 5.32 Å². The Balaban J connectivity index is 2.95. The molecule has 0 heterocycles. The van der Waals surface area contributed by atoms with Crippen molar-refractivity contribution in [1.29, 1.82) is 0 Å². The predicted octanol–water partition coefficient (Wildman–Crippen LogP) is 3.47. The molecule has 6 nitrogen and oxygen atoms in total. The summed E-state index contributed by atoms with van der Waals surface area (Å²) in [4.78, 5) is 35.2. The van der Waals surface area contributed by atoms with Gasteiger partial charge in [0.2, 0.25) is 0 Å². The van der Waals surface area contributed by atoms with Crippen LogP contribution in [0, 0.1) is 0 Å². The molecule has 0 saturated carbocycles. The number of hydrogen-bond acceptors (Lipinski definition) is 5. The average molecular weight is 395 g/mol. The molecule has 0 bridgehead atoms. The van der Waals surface area contributed by atoms with E-state index in [-0.39, 0.29) is 12.2 Å². The number of esters is 1. The third-order valence-corrected chi connectivity index (χ3v) is 3.17. The number of hydrogen-bond donors (Lipinski definition) is 1. The summed E-state index contributed by atoms with van der Waals surface area (Å²) in [7, 11) is 0. The van der Waals surface area contributed by atoms with Gasteiger partial charge in [-0.1, -0.05) is 71.7 Å². The van der Waals surface area contributed by atoms with Crippen molar-refractivity contribution in [2.24, 2.45) is 0 Å². The number of imide groups is 1. The van der Waals surface area contributed by atoms with Crippen molar-refractivity contribution < 1.29 is 23.9 Å². The highest BCUT2D eigenvalue weighted by molar-refractivity contribution is 6.76. The van der Waals surface area contributed by atoms with Crippen LogP contribution in [0.2, 0.25) is 0 Å². The van der Waals surface area contributed by atoms with Gasteiger partial charge in [0, 0.05) is 0 Å². The molecule has 0 aliphatic carbocycles. The maximum absolute atomic E-state index is 11.9. The van der Waals surface area contributed by atoms with Crippen molar-refractivity contribution in [2.75, 3.05) is 6.61 Å². The molecule has 130 valence electrons. The van der Waals surface area contributed by atoms with Crippen molar-refractivity contribution >= 4 is 52.8 Å². The van der Waals surface area contributed by atoms with Gasteiger partial charge >= 0.3 is 12.1 Å². The first kappa shape index (κ1) is 20.3. The highest BCUT2D eigenvalue weighted by atomic mass is 35.6. The predicted molar refractivity (Wildman–Crippen MR) is 89.9 cm³/mol. The molecule has 2 amide bonds. The largest absolute Gasteiger partial charge is 0.463 e. The standard InChI is InChI=1S/C15H14Cl3NO5/c1-3-23-12(20)9(2)11(10-7-5-4-6-8-10)24-14(22)19-13(21)15(16,17)18/h4-8,11H,2-3H2,1H3,(H,19,21,22). The lowest BCUT2D eigenvalue weighted by molar-refractivity contribution is -0.139. The second kappa shape index (κ2) is 8.92. The van der Waals surface area contributed by atoms with Crippen LogP contribution in [0.1, 0.15) is 18.6 Å². The Labute approximate surface area is 153 Å². The number of carbonyl (C=O) groups excluding carboxylic acids is 3. The number of alkyl halides is 3. The van der Waals surface area contributed by atoms with E-state index in [2.05, 4.69) is 6.58 Å². The lowest BCUT2D eigenvalue weighted by atomic mass is 10.0. The molecule has 9 heteroatoms. The molecule has 0 radical (unpaired) electrons. The van der Waals surface area contributed by atoms with Gasteiger partial charge < -0.3 is 9.47 Å². The van der Waals surface area contributed by atoms with Crippen molar-refractivity contribution in [3.05, 3.63) is 48.0 Å². The Hall–Kier alpha value is -1.76. The van der Waals surface area contributed by atoms with E-state index in [1.807, 2.05) is 0 Å². The van der Waals surface area contributed by atoms with Gasteiger partial charge in [-0.05, 0) is 12.5 Å². The van der Waals surface area contributed by atoms with Crippen molar-refractivity contribution in [2.45, 2.75) is 16.8 Å². The van der Waals surface area contributed by atoms with E-state index >= 15 is 0 Å². The normalized spacial score (nSPS) is 12.0. The Morgan fingerprint density at radius 2 is 1.79 bits per heavy atom. The van der Waals surface area contributed by atoms with E-state index in [1.54, 1.807) is 42.6 Å². The second-order valence-corrected chi connectivity index (χ2v) is 6.67. The molecule has 1 atom stereocenters. The van der Waals surface area contributed by atoms with E-state index < -0.39 is 27.9 Å². The van der Waals surface area contributed by atoms with Gasteiger partial charge in [-0.2, -0.15) is 0 Å². The molecular weight excluding hydrogens is 381 g/mol. The van der Waals surface area contributed by atoms with E-state index in [9.17, 15) is 14.4 Å². The summed E-state index contributed by atoms with van der Waals surface area (Å²) in [6, 6.07) is 8.31. The molecule has 0 aromatic heterocycles. The van der Waals surface area contributed by atoms with Gasteiger partial charge in [0.05, 0.1) is 12.2 Å². The topological polar surface area (TPSA) is 81.7 Å². The molecule has 0 spiro atoms. The monoisotopic (exact) mass is 393 g/mol. The number of halogens is 3. The Morgan fingerprint density at radius 1 is 1.21 bits per heavy atom. The number of rotatable bonds is 5. The lowest BCUT2D eigenvalue weighted by Gasteiger charge is -2.20. The minimum Gasteiger partial charge on any atom is -0.463 e. The lowest BCUT2D eigenvalue weighted by Crippen LogP contribution is -2.40. The second-order valence-electron chi connectivity index (χ2n) is 4.39. The van der Waals surface area contributed by atoms with Crippen LogP contribution in [0.5, 0.6) is 0 Å². The van der Waals surface area contributed by atoms with Gasteiger partial charge in [-0.15, -0.1) is 0 Å². The van der Waals surface area contributed by atoms with Gasteiger partial charge in [0.15, 0.2) is 6.10 Å². The molecule has 0 saturated heterocycles. The van der Waals surface area contributed by atoms with Crippen molar-refractivity contribution in [1.82, 2.24) is 5.32 Å². The van der Waals surface area contributed by atoms with Crippen LogP contribution in [0.3, 0.4) is 0 Å². The zero-order chi connectivity index (χ0) is 18.3. The number of nitrogens with one attached hydrogen (secondary N) is 1. The number of amides is 2. The summed E-state index contributed by atoms with van der Waals surface area (Å²) in [6.45, 7) is 5.33. The molecule has 1 aromatic carbocycles. The molecule has 1 unspecified atom stereocenters. The molecule has 0 fully saturated rings. The quantitative estimate of drug-likeness (QED) is 0.470. The fourth-order valence-electron chi connectivity index (χ4n) is 1.60. The number of alkyl carbamates (subject to hydrolysis) is 1. The van der Waals surface area contributed by atoms with Crippen LogP contribution in [0.25, 0.3) is 0 Å². The first-order valence-electron chi connectivity index (χ1n) is 6.66. The van der Waals surface area contributed by atoms with Crippen molar-refractivity contribution in [3.63, 3.8) is 0 Å². The van der Waals surface area contributed by atoms with Gasteiger partial charge in [0.25, 0.3) is 9.70 Å². The van der Waals surface area contributed by atoms with Crippen LogP contribution in [-0.4, -0.2) is 28.4 Å². The first-order chi connectivity index (χ1) is 11.2. The Bertz CT molecular complexity index is 628. The van der Waals surface area contributed by atoms with E-state index in [0.717, 1.165) is 0 Å². The third-order valence-electron chi connectivity index (χ3n) is 2.65. The average Bonchev–Trinajstić information content (AvgIpc) is 2.52. The summed E-state index contributed by atoms with van der Waals surface area (Å²) >= 11 is 16.1. The number of carbonyl (C=O) groups is 3. The van der Waals surface area contributed by atoms with E-state index in [0.29, 0.717) is 5.56 Å². The van der Waals surface area contributed by atoms with Crippen LogP contribution in [-0.2, 0) is 19.1 Å². The van der Waals surface area contributed by atoms with Gasteiger partial charge in [0.1, 0.15) is 0 Å². The summed E-state index contributed by atoms with van der Waals surface area (Å²) in [5, 5.41) is 1.76. The number of benzene rings is 1. The summed E-state index contributed by atoms with van der Waals surface area (Å²) in [6.07, 6.45) is -2.38. The molecule has 1 rings (SSSR count). The Kier molecular flexibility index (Phi) is 7.54. The minimum atomic E-state index is -2.33. The van der Waals surface area contributed by atoms with Crippen LogP contribution in [0.4, 0.5) is 4.79 Å². The molecule has 1 N–H and O–H groups in total. The summed E-state index contributed by atoms with van der Waals surface area (Å²) in [5.41, 5.74) is 0.326. The van der Waals surface area contributed by atoms with Crippen LogP contribution in [0.15, 0.2) is 42.5 Å². The Morgan fingerprint density at radius 3 is 2.29 bits per heavy atom. The maximum Gasteiger partial charge on any atom is 0.414 e. The van der Waals surface area contributed by atoms with E-state index in [1.165, 1.54) is 0 Å². The maximum atomic E-state index is 11.9. The number of ether oxygens (including phenoxy) is 2. The first-order valence-corrected chi connectivity index (χ1v) is 7.79. The SMILES string of the molecule is C=C(C(=O)OCC)C(OC(=O)NC(=O)C(Cl)(Cl)Cl)c1ccccc1. The molecular formula is C15H14Cl3NO5. The van der Waals surface area contributed by atoms with Gasteiger partial charge in [-0.25, -0.2) is 9.59 Å². The summed E-state index contributed by atoms with van der Waals surface area (Å²) < 4.78 is 7.59. The molecule has 24 heavy (non-hydrogen) atoms. The zero-order valence-corrected chi connectivity index (χ0v) is 14.8. The third kappa shape index (κ3) is 6.03. The van der Waals surface area contributed by atoms with Crippen LogP contribution >= 0.6 is 34.8 Å². The highest BCUT2D eigenvalue weighted by Gasteiger charge is 2.34.